The number of ether oxygens (including phenoxy) is 9. The van der Waals surface area contributed by atoms with Gasteiger partial charge >= 0.3 is 5.97 Å². The third kappa shape index (κ3) is 31.1. The summed E-state index contributed by atoms with van der Waals surface area (Å²) in [4.78, 5) is 11.6. The van der Waals surface area contributed by atoms with E-state index in [1.54, 1.807) is 0 Å². The lowest BCUT2D eigenvalue weighted by atomic mass is 10.2. The van der Waals surface area contributed by atoms with Crippen molar-refractivity contribution in [2.75, 3.05) is 112 Å². The topological polar surface area (TPSA) is 126 Å². The Kier molecular flexibility index (Phi) is 25.5. The number of carbonyl (C=O) groups excluding carboxylic acids is 1. The molecule has 11 nitrogen and oxygen atoms in total. The van der Waals surface area contributed by atoms with E-state index in [0.29, 0.717) is 125 Å². The first-order valence-corrected chi connectivity index (χ1v) is 12.5. The van der Waals surface area contributed by atoms with E-state index in [0.717, 1.165) is 0 Å². The molecule has 0 unspecified atom stereocenters. The second-order valence-corrected chi connectivity index (χ2v) is 8.38. The largest absolute Gasteiger partial charge is 0.460 e. The van der Waals surface area contributed by atoms with Crippen LogP contribution in [-0.2, 0) is 47.4 Å². The maximum Gasteiger partial charge on any atom is 0.306 e. The van der Waals surface area contributed by atoms with Gasteiger partial charge in [-0.15, -0.1) is 0 Å². The molecule has 0 fully saturated rings. The first-order chi connectivity index (χ1) is 17.0. The number of rotatable bonds is 27. The Morgan fingerprint density at radius 3 is 1.09 bits per heavy atom. The molecule has 35 heavy (non-hydrogen) atoms. The molecule has 0 aromatic carbocycles. The first-order valence-electron chi connectivity index (χ1n) is 12.5. The van der Waals surface area contributed by atoms with Crippen LogP contribution in [0.5, 0.6) is 0 Å². The zero-order valence-corrected chi connectivity index (χ0v) is 22.1. The van der Waals surface area contributed by atoms with E-state index in [9.17, 15) is 4.79 Å². The predicted molar refractivity (Wildman–Crippen MR) is 131 cm³/mol. The van der Waals surface area contributed by atoms with Gasteiger partial charge in [-0.2, -0.15) is 0 Å². The summed E-state index contributed by atoms with van der Waals surface area (Å²) in [5.74, 6) is -0.199. The molecule has 11 heteroatoms. The van der Waals surface area contributed by atoms with E-state index in [2.05, 4.69) is 0 Å². The maximum absolute atomic E-state index is 11.6. The van der Waals surface area contributed by atoms with Crippen molar-refractivity contribution < 1.29 is 47.4 Å². The summed E-state index contributed by atoms with van der Waals surface area (Å²) in [5.41, 5.74) is 4.87. The maximum atomic E-state index is 11.6. The Morgan fingerprint density at radius 2 is 0.800 bits per heavy atom. The van der Waals surface area contributed by atoms with Crippen LogP contribution in [0.4, 0.5) is 0 Å². The van der Waals surface area contributed by atoms with Crippen LogP contribution in [0.3, 0.4) is 0 Å². The van der Waals surface area contributed by atoms with Crippen molar-refractivity contribution in [3.05, 3.63) is 0 Å². The van der Waals surface area contributed by atoms with E-state index in [-0.39, 0.29) is 5.97 Å². The summed E-state index contributed by atoms with van der Waals surface area (Å²) < 4.78 is 48.3. The van der Waals surface area contributed by atoms with Gasteiger partial charge in [0.15, 0.2) is 0 Å². The van der Waals surface area contributed by atoms with Gasteiger partial charge in [0.25, 0.3) is 0 Å². The number of hydrogen-bond acceptors (Lipinski definition) is 11. The second kappa shape index (κ2) is 26.2. The lowest BCUT2D eigenvalue weighted by Crippen LogP contribution is -2.23. The number of nitrogens with two attached hydrogens (primary N) is 1. The van der Waals surface area contributed by atoms with Crippen molar-refractivity contribution in [2.24, 2.45) is 5.73 Å². The highest BCUT2D eigenvalue weighted by Crippen LogP contribution is 2.09. The third-order valence-electron chi connectivity index (χ3n) is 3.96. The number of hydrogen-bond donors (Lipinski definition) is 1. The molecule has 0 atom stereocenters. The van der Waals surface area contributed by atoms with Crippen LogP contribution in [-0.4, -0.2) is 124 Å². The molecular formula is C24H49NO10. The standard InChI is InChI=1S/C24H49NO10/c1-24(2,3)35-23(26)5-4-7-27-9-11-29-13-15-31-17-19-33-21-22-34-20-18-32-16-14-30-12-10-28-8-6-25/h4-22,25H2,1-3H3. The summed E-state index contributed by atoms with van der Waals surface area (Å²) in [6.45, 7) is 14.4. The van der Waals surface area contributed by atoms with E-state index >= 15 is 0 Å². The number of esters is 1. The third-order valence-corrected chi connectivity index (χ3v) is 3.96. The lowest BCUT2D eigenvalue weighted by Gasteiger charge is -2.19. The highest BCUT2D eigenvalue weighted by atomic mass is 16.6. The Labute approximate surface area is 211 Å². The first kappa shape index (κ1) is 34.1. The Bertz CT molecular complexity index is 449. The van der Waals surface area contributed by atoms with E-state index < -0.39 is 5.60 Å². The Morgan fingerprint density at radius 1 is 0.514 bits per heavy atom. The van der Waals surface area contributed by atoms with E-state index in [1.807, 2.05) is 20.8 Å². The normalized spacial score (nSPS) is 11.8. The SMILES string of the molecule is CC(C)(C)OC(=O)CCCOCCOCCOCCOCCOCCOCCOCCOCCN. The molecule has 0 amide bonds. The van der Waals surface area contributed by atoms with Gasteiger partial charge in [0.1, 0.15) is 5.60 Å². The van der Waals surface area contributed by atoms with Crippen molar-refractivity contribution in [1.82, 2.24) is 0 Å². The lowest BCUT2D eigenvalue weighted by molar-refractivity contribution is -0.155. The molecule has 2 N–H and O–H groups in total. The van der Waals surface area contributed by atoms with Crippen LogP contribution in [0.2, 0.25) is 0 Å². The summed E-state index contributed by atoms with van der Waals surface area (Å²) in [6.07, 6.45) is 0.997. The fraction of sp³-hybridized carbons (Fsp3) is 0.958. The molecule has 0 aliphatic carbocycles. The fourth-order valence-corrected chi connectivity index (χ4v) is 2.44. The van der Waals surface area contributed by atoms with Gasteiger partial charge in [0.05, 0.1) is 99.1 Å². The average Bonchev–Trinajstić information content (AvgIpc) is 2.80. The summed E-state index contributed by atoms with van der Waals surface area (Å²) in [7, 11) is 0. The van der Waals surface area contributed by atoms with Crippen LogP contribution in [0.25, 0.3) is 0 Å². The fourth-order valence-electron chi connectivity index (χ4n) is 2.44. The van der Waals surface area contributed by atoms with Crippen molar-refractivity contribution in [3.8, 4) is 0 Å². The molecule has 0 radical (unpaired) electrons. The van der Waals surface area contributed by atoms with Crippen LogP contribution >= 0.6 is 0 Å². The molecule has 0 spiro atoms. The molecule has 0 aliphatic heterocycles. The van der Waals surface area contributed by atoms with Crippen LogP contribution in [0, 0.1) is 0 Å². The molecule has 0 heterocycles. The summed E-state index contributed by atoms with van der Waals surface area (Å²) >= 11 is 0. The molecule has 0 saturated carbocycles. The zero-order valence-electron chi connectivity index (χ0n) is 22.1. The zero-order chi connectivity index (χ0) is 25.9. The molecule has 0 aromatic rings. The number of carbonyl (C=O) groups is 1. The minimum absolute atomic E-state index is 0.199. The molecule has 0 aliphatic rings. The van der Waals surface area contributed by atoms with Crippen molar-refractivity contribution in [2.45, 2.75) is 39.2 Å². The monoisotopic (exact) mass is 511 g/mol. The van der Waals surface area contributed by atoms with Gasteiger partial charge in [-0.3, -0.25) is 4.79 Å². The average molecular weight is 512 g/mol. The molecule has 0 bridgehead atoms. The van der Waals surface area contributed by atoms with Crippen LogP contribution in [0.1, 0.15) is 33.6 Å². The molecule has 210 valence electrons. The molecule has 0 saturated heterocycles. The van der Waals surface area contributed by atoms with Gasteiger partial charge in [-0.25, -0.2) is 0 Å². The summed E-state index contributed by atoms with van der Waals surface area (Å²) in [6, 6.07) is 0. The minimum Gasteiger partial charge on any atom is -0.460 e. The van der Waals surface area contributed by atoms with Crippen molar-refractivity contribution in [1.29, 1.82) is 0 Å². The molecule has 0 aromatic heterocycles. The van der Waals surface area contributed by atoms with Gasteiger partial charge in [-0.1, -0.05) is 0 Å². The van der Waals surface area contributed by atoms with E-state index in [4.69, 9.17) is 48.4 Å². The van der Waals surface area contributed by atoms with E-state index in [1.165, 1.54) is 0 Å². The van der Waals surface area contributed by atoms with Gasteiger partial charge in [-0.05, 0) is 27.2 Å². The summed E-state index contributed by atoms with van der Waals surface area (Å²) in [5, 5.41) is 0. The van der Waals surface area contributed by atoms with Crippen LogP contribution in [0.15, 0.2) is 0 Å². The van der Waals surface area contributed by atoms with Gasteiger partial charge in [0, 0.05) is 19.6 Å². The van der Waals surface area contributed by atoms with Gasteiger partial charge in [0.2, 0.25) is 0 Å². The smallest absolute Gasteiger partial charge is 0.306 e. The van der Waals surface area contributed by atoms with Gasteiger partial charge < -0.3 is 48.4 Å². The van der Waals surface area contributed by atoms with Crippen molar-refractivity contribution in [3.63, 3.8) is 0 Å². The predicted octanol–water partition coefficient (Wildman–Crippen LogP) is 1.20. The second-order valence-electron chi connectivity index (χ2n) is 8.38. The Hall–Kier alpha value is -0.890. The molecule has 0 rings (SSSR count). The van der Waals surface area contributed by atoms with Crippen LogP contribution < -0.4 is 5.73 Å². The minimum atomic E-state index is -0.442. The Balaban J connectivity index is 3.09. The molecular weight excluding hydrogens is 462 g/mol. The highest BCUT2D eigenvalue weighted by Gasteiger charge is 2.15. The van der Waals surface area contributed by atoms with Crippen molar-refractivity contribution >= 4 is 5.97 Å². The quantitative estimate of drug-likeness (QED) is 0.126. The highest BCUT2D eigenvalue weighted by molar-refractivity contribution is 5.69.